The molecule has 0 aliphatic heterocycles. The molecular weight excluding hydrogens is 360 g/mol. The topological polar surface area (TPSA) is 72.2 Å². The highest BCUT2D eigenvalue weighted by molar-refractivity contribution is 7.98. The van der Waals surface area contributed by atoms with Crippen LogP contribution >= 0.6 is 11.8 Å². The summed E-state index contributed by atoms with van der Waals surface area (Å²) in [4.78, 5) is 24.2. The first-order valence-electron chi connectivity index (χ1n) is 8.33. The number of benzene rings is 3. The summed E-state index contributed by atoms with van der Waals surface area (Å²) in [7, 11) is 0. The predicted molar refractivity (Wildman–Crippen MR) is 107 cm³/mol. The number of amides is 1. The summed E-state index contributed by atoms with van der Waals surface area (Å²) in [5, 5.41) is 14.3. The number of nitro benzene ring substituents is 1. The van der Waals surface area contributed by atoms with Crippen molar-refractivity contribution >= 4 is 23.4 Å². The SMILES string of the molecule is CSc1ccc(C(=O)NC(c2ccccc2)c2ccccc2)cc1[N+](=O)[O-]. The van der Waals surface area contributed by atoms with E-state index in [1.807, 2.05) is 60.7 Å². The number of carbonyl (C=O) groups excluding carboxylic acids is 1. The average Bonchev–Trinajstić information content (AvgIpc) is 2.72. The van der Waals surface area contributed by atoms with Gasteiger partial charge in [0.15, 0.2) is 0 Å². The van der Waals surface area contributed by atoms with Crippen molar-refractivity contribution in [3.05, 3.63) is 106 Å². The van der Waals surface area contributed by atoms with Gasteiger partial charge in [-0.25, -0.2) is 0 Å². The highest BCUT2D eigenvalue weighted by atomic mass is 32.2. The normalized spacial score (nSPS) is 10.6. The van der Waals surface area contributed by atoms with Gasteiger partial charge in [0.1, 0.15) is 0 Å². The van der Waals surface area contributed by atoms with Gasteiger partial charge in [-0.3, -0.25) is 14.9 Å². The van der Waals surface area contributed by atoms with Crippen molar-refractivity contribution < 1.29 is 9.72 Å². The number of hydrogen-bond donors (Lipinski definition) is 1. The van der Waals surface area contributed by atoms with Crippen molar-refractivity contribution in [2.75, 3.05) is 6.26 Å². The first kappa shape index (κ1) is 18.7. The van der Waals surface area contributed by atoms with E-state index in [4.69, 9.17) is 0 Å². The molecule has 3 aromatic carbocycles. The second-order valence-corrected chi connectivity index (χ2v) is 6.72. The van der Waals surface area contributed by atoms with Crippen LogP contribution in [0, 0.1) is 10.1 Å². The zero-order valence-corrected chi connectivity index (χ0v) is 15.5. The number of rotatable bonds is 6. The lowest BCUT2D eigenvalue weighted by Gasteiger charge is -2.20. The van der Waals surface area contributed by atoms with Crippen LogP contribution in [0.3, 0.4) is 0 Å². The Kier molecular flexibility index (Phi) is 5.88. The monoisotopic (exact) mass is 378 g/mol. The van der Waals surface area contributed by atoms with Crippen molar-refractivity contribution in [2.24, 2.45) is 0 Å². The molecule has 0 saturated heterocycles. The van der Waals surface area contributed by atoms with Gasteiger partial charge in [-0.05, 0) is 29.5 Å². The summed E-state index contributed by atoms with van der Waals surface area (Å²) in [6.07, 6.45) is 1.77. The molecule has 0 radical (unpaired) electrons. The largest absolute Gasteiger partial charge is 0.341 e. The Morgan fingerprint density at radius 2 is 1.52 bits per heavy atom. The fourth-order valence-corrected chi connectivity index (χ4v) is 3.39. The van der Waals surface area contributed by atoms with Crippen molar-refractivity contribution in [1.82, 2.24) is 5.32 Å². The lowest BCUT2D eigenvalue weighted by Crippen LogP contribution is -2.29. The summed E-state index contributed by atoms with van der Waals surface area (Å²) >= 11 is 1.28. The second kappa shape index (κ2) is 8.51. The van der Waals surface area contributed by atoms with Crippen molar-refractivity contribution in [3.8, 4) is 0 Å². The second-order valence-electron chi connectivity index (χ2n) is 5.87. The molecule has 3 rings (SSSR count). The molecule has 0 heterocycles. The van der Waals surface area contributed by atoms with Gasteiger partial charge in [0.2, 0.25) is 0 Å². The molecule has 1 amide bonds. The molecule has 27 heavy (non-hydrogen) atoms. The molecule has 0 atom stereocenters. The van der Waals surface area contributed by atoms with Gasteiger partial charge >= 0.3 is 0 Å². The Bertz CT molecular complexity index is 907. The van der Waals surface area contributed by atoms with Gasteiger partial charge in [-0.2, -0.15) is 0 Å². The van der Waals surface area contributed by atoms with E-state index >= 15 is 0 Å². The number of nitro groups is 1. The van der Waals surface area contributed by atoms with Crippen LogP contribution in [-0.4, -0.2) is 17.1 Å². The van der Waals surface area contributed by atoms with E-state index in [1.54, 1.807) is 18.4 Å². The van der Waals surface area contributed by atoms with Gasteiger partial charge < -0.3 is 5.32 Å². The molecule has 5 nitrogen and oxygen atoms in total. The Morgan fingerprint density at radius 1 is 0.963 bits per heavy atom. The van der Waals surface area contributed by atoms with E-state index in [2.05, 4.69) is 5.32 Å². The minimum absolute atomic E-state index is 0.0638. The quantitative estimate of drug-likeness (QED) is 0.379. The smallest absolute Gasteiger partial charge is 0.283 e. The number of carbonyl (C=O) groups is 1. The Hall–Kier alpha value is -3.12. The van der Waals surface area contributed by atoms with Crippen LogP contribution < -0.4 is 5.32 Å². The summed E-state index contributed by atoms with van der Waals surface area (Å²) in [6.45, 7) is 0. The standard InChI is InChI=1S/C21H18N2O3S/c1-27-19-13-12-17(14-18(19)23(25)26)21(24)22-20(15-8-4-2-5-9-15)16-10-6-3-7-11-16/h2-14,20H,1H3,(H,22,24). The molecule has 0 bridgehead atoms. The van der Waals surface area contributed by atoms with E-state index in [0.29, 0.717) is 4.90 Å². The van der Waals surface area contributed by atoms with Gasteiger partial charge in [-0.1, -0.05) is 60.7 Å². The zero-order valence-electron chi connectivity index (χ0n) is 14.7. The molecule has 6 heteroatoms. The van der Waals surface area contributed by atoms with Crippen LogP contribution in [0.5, 0.6) is 0 Å². The maximum Gasteiger partial charge on any atom is 0.283 e. The Labute approximate surface area is 161 Å². The Morgan fingerprint density at radius 3 is 2.00 bits per heavy atom. The molecule has 0 unspecified atom stereocenters. The van der Waals surface area contributed by atoms with Gasteiger partial charge in [0.05, 0.1) is 15.9 Å². The molecule has 0 spiro atoms. The van der Waals surface area contributed by atoms with Crippen LogP contribution in [0.1, 0.15) is 27.5 Å². The summed E-state index contributed by atoms with van der Waals surface area (Å²) in [6, 6.07) is 23.4. The summed E-state index contributed by atoms with van der Waals surface area (Å²) in [5.74, 6) is -0.358. The molecule has 0 saturated carbocycles. The lowest BCUT2D eigenvalue weighted by molar-refractivity contribution is -0.387. The van der Waals surface area contributed by atoms with E-state index in [1.165, 1.54) is 17.8 Å². The van der Waals surface area contributed by atoms with E-state index in [9.17, 15) is 14.9 Å². The first-order chi connectivity index (χ1) is 13.1. The summed E-state index contributed by atoms with van der Waals surface area (Å²) in [5.41, 5.74) is 2.07. The molecule has 1 N–H and O–H groups in total. The molecular formula is C21H18N2O3S. The molecule has 0 fully saturated rings. The van der Waals surface area contributed by atoms with Gasteiger partial charge in [0, 0.05) is 11.6 Å². The maximum absolute atomic E-state index is 12.8. The van der Waals surface area contributed by atoms with Crippen LogP contribution in [0.4, 0.5) is 5.69 Å². The molecule has 0 aromatic heterocycles. The van der Waals surface area contributed by atoms with E-state index in [-0.39, 0.29) is 23.2 Å². The highest BCUT2D eigenvalue weighted by Crippen LogP contribution is 2.29. The molecule has 0 aliphatic carbocycles. The van der Waals surface area contributed by atoms with Crippen LogP contribution in [0.15, 0.2) is 83.8 Å². The Balaban J connectivity index is 1.94. The lowest BCUT2D eigenvalue weighted by atomic mass is 9.98. The molecule has 3 aromatic rings. The number of nitrogens with zero attached hydrogens (tertiary/aromatic N) is 1. The highest BCUT2D eigenvalue weighted by Gasteiger charge is 2.21. The van der Waals surface area contributed by atoms with E-state index < -0.39 is 4.92 Å². The molecule has 136 valence electrons. The van der Waals surface area contributed by atoms with Gasteiger partial charge in [0.25, 0.3) is 11.6 Å². The van der Waals surface area contributed by atoms with Crippen LogP contribution in [0.25, 0.3) is 0 Å². The minimum Gasteiger partial charge on any atom is -0.341 e. The van der Waals surface area contributed by atoms with Crippen molar-refractivity contribution in [3.63, 3.8) is 0 Å². The van der Waals surface area contributed by atoms with E-state index in [0.717, 1.165) is 11.1 Å². The third kappa shape index (κ3) is 4.35. The number of hydrogen-bond acceptors (Lipinski definition) is 4. The maximum atomic E-state index is 12.8. The number of nitrogens with one attached hydrogen (secondary N) is 1. The first-order valence-corrected chi connectivity index (χ1v) is 9.56. The summed E-state index contributed by atoms with van der Waals surface area (Å²) < 4.78 is 0. The van der Waals surface area contributed by atoms with Crippen molar-refractivity contribution in [2.45, 2.75) is 10.9 Å². The van der Waals surface area contributed by atoms with Crippen molar-refractivity contribution in [1.29, 1.82) is 0 Å². The fraction of sp³-hybridized carbons (Fsp3) is 0.0952. The van der Waals surface area contributed by atoms with Crippen LogP contribution in [-0.2, 0) is 0 Å². The average molecular weight is 378 g/mol. The van der Waals surface area contributed by atoms with Crippen LogP contribution in [0.2, 0.25) is 0 Å². The predicted octanol–water partition coefficient (Wildman–Crippen LogP) is 4.84. The van der Waals surface area contributed by atoms with Gasteiger partial charge in [-0.15, -0.1) is 11.8 Å². The fourth-order valence-electron chi connectivity index (χ4n) is 2.84. The minimum atomic E-state index is -0.464. The zero-order chi connectivity index (χ0) is 19.2. The third-order valence-electron chi connectivity index (χ3n) is 4.18. The molecule has 0 aliphatic rings. The third-order valence-corrected chi connectivity index (χ3v) is 4.96. The number of thioether (sulfide) groups is 1.